The second kappa shape index (κ2) is 4.96. The summed E-state index contributed by atoms with van der Waals surface area (Å²) in [6.45, 7) is 1.97. The summed E-state index contributed by atoms with van der Waals surface area (Å²) in [7, 11) is 0. The largest absolute Gasteiger partial charge is 0.375 e. The molecule has 2 N–H and O–H groups in total. The van der Waals surface area contributed by atoms with E-state index in [1.165, 1.54) is 11.3 Å². The van der Waals surface area contributed by atoms with E-state index in [9.17, 15) is 0 Å². The molecular weight excluding hydrogens is 296 g/mol. The zero-order chi connectivity index (χ0) is 10.1. The van der Waals surface area contributed by atoms with Crippen LogP contribution >= 0.6 is 39.9 Å². The molecule has 0 amide bonds. The van der Waals surface area contributed by atoms with Crippen LogP contribution in [0.4, 0.5) is 5.13 Å². The number of thiazole rings is 1. The van der Waals surface area contributed by atoms with Gasteiger partial charge in [0.25, 0.3) is 0 Å². The standard InChI is InChI=1S/C10H9ClN2S.BrH/c1-6-4-7(2-3-8(6)11)9-5-14-10(12)13-9;/h2-5H,1H3,(H2,12,13);1H. The summed E-state index contributed by atoms with van der Waals surface area (Å²) >= 11 is 7.37. The molecule has 1 aromatic heterocycles. The summed E-state index contributed by atoms with van der Waals surface area (Å²) in [6.07, 6.45) is 0. The van der Waals surface area contributed by atoms with Gasteiger partial charge in [0.15, 0.2) is 5.13 Å². The molecule has 1 heterocycles. The van der Waals surface area contributed by atoms with Gasteiger partial charge in [0.2, 0.25) is 0 Å². The van der Waals surface area contributed by atoms with Gasteiger partial charge in [-0.2, -0.15) is 0 Å². The minimum absolute atomic E-state index is 0. The molecule has 5 heteroatoms. The molecule has 0 saturated heterocycles. The van der Waals surface area contributed by atoms with Crippen molar-refractivity contribution < 1.29 is 0 Å². The SMILES string of the molecule is Br.Cc1cc(-c2csc(N)n2)ccc1Cl. The smallest absolute Gasteiger partial charge is 0.180 e. The third kappa shape index (κ3) is 2.71. The van der Waals surface area contributed by atoms with Gasteiger partial charge in [-0.15, -0.1) is 28.3 Å². The molecule has 0 atom stereocenters. The van der Waals surface area contributed by atoms with Gasteiger partial charge in [-0.3, -0.25) is 0 Å². The average molecular weight is 306 g/mol. The van der Waals surface area contributed by atoms with Gasteiger partial charge < -0.3 is 5.73 Å². The maximum atomic E-state index is 5.93. The van der Waals surface area contributed by atoms with Crippen LogP contribution in [0, 0.1) is 6.92 Å². The first-order chi connectivity index (χ1) is 6.66. The molecule has 0 bridgehead atoms. The summed E-state index contributed by atoms with van der Waals surface area (Å²) in [5.41, 5.74) is 8.58. The monoisotopic (exact) mass is 304 g/mol. The molecular formula is C10H10BrClN2S. The highest BCUT2D eigenvalue weighted by molar-refractivity contribution is 8.93. The van der Waals surface area contributed by atoms with E-state index in [2.05, 4.69) is 4.98 Å². The van der Waals surface area contributed by atoms with Gasteiger partial charge in [-0.25, -0.2) is 4.98 Å². The zero-order valence-electron chi connectivity index (χ0n) is 8.03. The predicted molar refractivity (Wildman–Crippen MR) is 72.0 cm³/mol. The van der Waals surface area contributed by atoms with Crippen LogP contribution in [0.5, 0.6) is 0 Å². The van der Waals surface area contributed by atoms with E-state index < -0.39 is 0 Å². The maximum Gasteiger partial charge on any atom is 0.180 e. The molecule has 80 valence electrons. The highest BCUT2D eigenvalue weighted by Gasteiger charge is 2.03. The molecule has 1 aromatic carbocycles. The Bertz CT molecular complexity index is 470. The molecule has 2 aromatic rings. The van der Waals surface area contributed by atoms with E-state index in [-0.39, 0.29) is 17.0 Å². The Hall–Kier alpha value is -0.580. The van der Waals surface area contributed by atoms with Crippen molar-refractivity contribution in [1.29, 1.82) is 0 Å². The molecule has 15 heavy (non-hydrogen) atoms. The number of nitrogen functional groups attached to an aromatic ring is 1. The Balaban J connectivity index is 0.00000112. The van der Waals surface area contributed by atoms with Gasteiger partial charge in [0.1, 0.15) is 0 Å². The third-order valence-corrected chi connectivity index (χ3v) is 3.07. The van der Waals surface area contributed by atoms with E-state index >= 15 is 0 Å². The Kier molecular flexibility index (Phi) is 4.13. The molecule has 0 unspecified atom stereocenters. The Morgan fingerprint density at radius 1 is 1.40 bits per heavy atom. The lowest BCUT2D eigenvalue weighted by molar-refractivity contribution is 1.39. The Morgan fingerprint density at radius 3 is 2.67 bits per heavy atom. The van der Waals surface area contributed by atoms with Crippen LogP contribution in [0.2, 0.25) is 5.02 Å². The molecule has 2 rings (SSSR count). The van der Waals surface area contributed by atoms with Crippen molar-refractivity contribution in [3.05, 3.63) is 34.2 Å². The van der Waals surface area contributed by atoms with Gasteiger partial charge in [0.05, 0.1) is 5.69 Å². The molecule has 2 nitrogen and oxygen atoms in total. The quantitative estimate of drug-likeness (QED) is 0.867. The van der Waals surface area contributed by atoms with Crippen LogP contribution in [-0.4, -0.2) is 4.98 Å². The molecule has 0 fully saturated rings. The summed E-state index contributed by atoms with van der Waals surface area (Å²) in [5, 5.41) is 3.31. The topological polar surface area (TPSA) is 38.9 Å². The van der Waals surface area contributed by atoms with Crippen LogP contribution in [0.25, 0.3) is 11.3 Å². The number of hydrogen-bond acceptors (Lipinski definition) is 3. The van der Waals surface area contributed by atoms with Crippen molar-refractivity contribution in [2.45, 2.75) is 6.92 Å². The maximum absolute atomic E-state index is 5.93. The second-order valence-electron chi connectivity index (χ2n) is 3.03. The van der Waals surface area contributed by atoms with E-state index in [0.717, 1.165) is 21.8 Å². The van der Waals surface area contributed by atoms with E-state index in [4.69, 9.17) is 17.3 Å². The number of benzene rings is 1. The lowest BCUT2D eigenvalue weighted by Gasteiger charge is -2.00. The normalized spacial score (nSPS) is 9.73. The number of aromatic nitrogens is 1. The van der Waals surface area contributed by atoms with E-state index in [0.29, 0.717) is 5.13 Å². The first-order valence-corrected chi connectivity index (χ1v) is 5.40. The van der Waals surface area contributed by atoms with Crippen molar-refractivity contribution in [3.8, 4) is 11.3 Å². The molecule has 0 aliphatic carbocycles. The van der Waals surface area contributed by atoms with Crippen molar-refractivity contribution in [3.63, 3.8) is 0 Å². The molecule has 0 radical (unpaired) electrons. The summed E-state index contributed by atoms with van der Waals surface area (Å²) in [5.74, 6) is 0. The van der Waals surface area contributed by atoms with Crippen LogP contribution in [0.15, 0.2) is 23.6 Å². The molecule has 0 aliphatic rings. The van der Waals surface area contributed by atoms with Crippen LogP contribution < -0.4 is 5.73 Å². The predicted octanol–water partition coefficient (Wildman–Crippen LogP) is 3.93. The van der Waals surface area contributed by atoms with Gasteiger partial charge >= 0.3 is 0 Å². The van der Waals surface area contributed by atoms with Gasteiger partial charge in [-0.1, -0.05) is 17.7 Å². The Labute approximate surface area is 108 Å². The van der Waals surface area contributed by atoms with Crippen LogP contribution in [0.3, 0.4) is 0 Å². The summed E-state index contributed by atoms with van der Waals surface area (Å²) in [6, 6.07) is 5.84. The molecule has 0 spiro atoms. The molecule has 0 saturated carbocycles. The summed E-state index contributed by atoms with van der Waals surface area (Å²) in [4.78, 5) is 4.20. The van der Waals surface area contributed by atoms with Crippen molar-refractivity contribution in [2.24, 2.45) is 0 Å². The fourth-order valence-electron chi connectivity index (χ4n) is 1.22. The summed E-state index contributed by atoms with van der Waals surface area (Å²) < 4.78 is 0. The number of rotatable bonds is 1. The highest BCUT2D eigenvalue weighted by Crippen LogP contribution is 2.26. The number of hydrogen-bond donors (Lipinski definition) is 1. The third-order valence-electron chi connectivity index (χ3n) is 1.98. The Morgan fingerprint density at radius 2 is 2.13 bits per heavy atom. The lowest BCUT2D eigenvalue weighted by atomic mass is 10.1. The first-order valence-electron chi connectivity index (χ1n) is 4.14. The van der Waals surface area contributed by atoms with Crippen LogP contribution in [-0.2, 0) is 0 Å². The number of nitrogens with zero attached hydrogens (tertiary/aromatic N) is 1. The lowest BCUT2D eigenvalue weighted by Crippen LogP contribution is -1.84. The van der Waals surface area contributed by atoms with E-state index in [1.807, 2.05) is 30.5 Å². The number of nitrogens with two attached hydrogens (primary N) is 1. The van der Waals surface area contributed by atoms with E-state index in [1.54, 1.807) is 0 Å². The molecule has 0 aliphatic heterocycles. The first kappa shape index (κ1) is 12.5. The number of halogens is 2. The van der Waals surface area contributed by atoms with Crippen molar-refractivity contribution in [2.75, 3.05) is 5.73 Å². The highest BCUT2D eigenvalue weighted by atomic mass is 79.9. The fraction of sp³-hybridized carbons (Fsp3) is 0.100. The minimum atomic E-state index is 0. The minimum Gasteiger partial charge on any atom is -0.375 e. The second-order valence-corrected chi connectivity index (χ2v) is 4.33. The van der Waals surface area contributed by atoms with Gasteiger partial charge in [0, 0.05) is 16.0 Å². The van der Waals surface area contributed by atoms with Crippen LogP contribution in [0.1, 0.15) is 5.56 Å². The van der Waals surface area contributed by atoms with Crippen molar-refractivity contribution >= 4 is 45.1 Å². The number of aryl methyl sites for hydroxylation is 1. The zero-order valence-corrected chi connectivity index (χ0v) is 11.3. The fourth-order valence-corrected chi connectivity index (χ4v) is 1.91. The number of anilines is 1. The van der Waals surface area contributed by atoms with Gasteiger partial charge in [-0.05, 0) is 24.6 Å². The van der Waals surface area contributed by atoms with Crippen molar-refractivity contribution in [1.82, 2.24) is 4.98 Å². The average Bonchev–Trinajstić information content (AvgIpc) is 2.57.